The summed E-state index contributed by atoms with van der Waals surface area (Å²) in [7, 11) is 1.80. The Balaban J connectivity index is 1.99. The number of fused-ring (bicyclic) bond motifs is 1. The van der Waals surface area contributed by atoms with E-state index in [1.54, 1.807) is 18.1 Å². The first-order chi connectivity index (χ1) is 10.5. The van der Waals surface area contributed by atoms with Gasteiger partial charge >= 0.3 is 0 Å². The normalized spacial score (nSPS) is 11.1. The number of nitrogens with zero attached hydrogens (tertiary/aromatic N) is 2. The Hall–Kier alpha value is -2.56. The van der Waals surface area contributed by atoms with Crippen LogP contribution in [0.4, 0.5) is 0 Å². The number of hydrogen-bond donors (Lipinski definition) is 2. The largest absolute Gasteiger partial charge is 0.350 e. The van der Waals surface area contributed by atoms with Crippen molar-refractivity contribution in [1.29, 1.82) is 0 Å². The van der Waals surface area contributed by atoms with Crippen molar-refractivity contribution >= 4 is 16.8 Å². The number of amides is 1. The second-order valence-corrected chi connectivity index (χ2v) is 5.82. The number of carbonyl (C=O) groups is 1. The summed E-state index contributed by atoms with van der Waals surface area (Å²) in [5.74, 6) is -0.0119. The van der Waals surface area contributed by atoms with E-state index in [1.165, 1.54) is 5.56 Å². The highest BCUT2D eigenvalue weighted by Crippen LogP contribution is 2.28. The summed E-state index contributed by atoms with van der Waals surface area (Å²) in [6, 6.07) is 6.05. The van der Waals surface area contributed by atoms with E-state index in [-0.39, 0.29) is 5.91 Å². The third-order valence-corrected chi connectivity index (χ3v) is 4.15. The molecule has 0 saturated carbocycles. The van der Waals surface area contributed by atoms with Crippen molar-refractivity contribution in [3.05, 3.63) is 52.5 Å². The lowest BCUT2D eigenvalue weighted by Crippen LogP contribution is -2.27. The Labute approximate surface area is 129 Å². The van der Waals surface area contributed by atoms with Crippen LogP contribution in [0.2, 0.25) is 0 Å². The highest BCUT2D eigenvalue weighted by atomic mass is 16.2. The zero-order chi connectivity index (χ0) is 15.9. The first-order valence-corrected chi connectivity index (χ1v) is 7.31. The molecule has 1 aromatic carbocycles. The number of rotatable bonds is 3. The van der Waals surface area contributed by atoms with Crippen molar-refractivity contribution in [1.82, 2.24) is 20.1 Å². The molecule has 0 aliphatic carbocycles. The van der Waals surface area contributed by atoms with Crippen LogP contribution in [0.15, 0.2) is 24.4 Å². The third kappa shape index (κ3) is 2.28. The van der Waals surface area contributed by atoms with Gasteiger partial charge in [0, 0.05) is 24.1 Å². The maximum atomic E-state index is 12.7. The molecule has 0 spiro atoms. The molecular weight excluding hydrogens is 276 g/mol. The molecule has 0 fully saturated rings. The van der Waals surface area contributed by atoms with Crippen molar-refractivity contribution in [3.8, 4) is 0 Å². The number of aromatic amines is 2. The van der Waals surface area contributed by atoms with Crippen molar-refractivity contribution in [2.45, 2.75) is 27.3 Å². The van der Waals surface area contributed by atoms with E-state index in [2.05, 4.69) is 41.2 Å². The second kappa shape index (κ2) is 5.33. The number of H-pyrrole nitrogens is 2. The van der Waals surface area contributed by atoms with Crippen LogP contribution >= 0.6 is 0 Å². The minimum Gasteiger partial charge on any atom is -0.350 e. The summed E-state index contributed by atoms with van der Waals surface area (Å²) in [4.78, 5) is 17.8. The molecular formula is C17H20N4O. The molecule has 22 heavy (non-hydrogen) atoms. The Kier molecular flexibility index (Phi) is 3.48. The first-order valence-electron chi connectivity index (χ1n) is 7.31. The van der Waals surface area contributed by atoms with Crippen LogP contribution in [-0.2, 0) is 6.54 Å². The Bertz CT molecular complexity index is 830. The quantitative estimate of drug-likeness (QED) is 0.780. The molecule has 0 aliphatic rings. The van der Waals surface area contributed by atoms with Gasteiger partial charge in [0.05, 0.1) is 12.2 Å². The smallest absolute Gasteiger partial charge is 0.270 e. The molecule has 0 unspecified atom stereocenters. The van der Waals surface area contributed by atoms with Gasteiger partial charge in [0.1, 0.15) is 5.69 Å². The van der Waals surface area contributed by atoms with Gasteiger partial charge in [-0.15, -0.1) is 0 Å². The van der Waals surface area contributed by atoms with E-state index in [1.807, 2.05) is 13.0 Å². The predicted octanol–water partition coefficient (Wildman–Crippen LogP) is 3.09. The molecule has 0 radical (unpaired) electrons. The molecule has 2 N–H and O–H groups in total. The predicted molar refractivity (Wildman–Crippen MR) is 86.9 cm³/mol. The SMILES string of the molecule is Cc1ccc(C)c2c(C)c(C(=O)N(C)Cc3ccn[nH]3)[nH]c12. The van der Waals surface area contributed by atoms with Gasteiger partial charge in [0.25, 0.3) is 5.91 Å². The van der Waals surface area contributed by atoms with Crippen LogP contribution in [-0.4, -0.2) is 33.0 Å². The maximum absolute atomic E-state index is 12.7. The van der Waals surface area contributed by atoms with Gasteiger partial charge in [-0.05, 0) is 43.5 Å². The van der Waals surface area contributed by atoms with Gasteiger partial charge < -0.3 is 9.88 Å². The van der Waals surface area contributed by atoms with Crippen LogP contribution < -0.4 is 0 Å². The summed E-state index contributed by atoms with van der Waals surface area (Å²) < 4.78 is 0. The summed E-state index contributed by atoms with van der Waals surface area (Å²) in [6.45, 7) is 6.64. The monoisotopic (exact) mass is 296 g/mol. The van der Waals surface area contributed by atoms with Crippen LogP contribution in [0.25, 0.3) is 10.9 Å². The van der Waals surface area contributed by atoms with Crippen molar-refractivity contribution < 1.29 is 4.79 Å². The molecule has 2 heterocycles. The van der Waals surface area contributed by atoms with Crippen LogP contribution in [0.3, 0.4) is 0 Å². The summed E-state index contributed by atoms with van der Waals surface area (Å²) in [5.41, 5.74) is 5.98. The molecule has 114 valence electrons. The first kappa shape index (κ1) is 14.4. The highest BCUT2D eigenvalue weighted by molar-refractivity contribution is 6.02. The average Bonchev–Trinajstić information content (AvgIpc) is 3.11. The molecule has 0 atom stereocenters. The fraction of sp³-hybridized carbons (Fsp3) is 0.294. The van der Waals surface area contributed by atoms with Gasteiger partial charge in [-0.3, -0.25) is 9.89 Å². The topological polar surface area (TPSA) is 64.8 Å². The van der Waals surface area contributed by atoms with Gasteiger partial charge in [-0.1, -0.05) is 12.1 Å². The third-order valence-electron chi connectivity index (χ3n) is 4.15. The maximum Gasteiger partial charge on any atom is 0.270 e. The van der Waals surface area contributed by atoms with Gasteiger partial charge in [0.2, 0.25) is 0 Å². The molecule has 5 heteroatoms. The fourth-order valence-corrected chi connectivity index (χ4v) is 2.90. The van der Waals surface area contributed by atoms with Crippen molar-refractivity contribution in [2.24, 2.45) is 0 Å². The molecule has 0 aliphatic heterocycles. The van der Waals surface area contributed by atoms with E-state index in [0.29, 0.717) is 12.2 Å². The molecule has 2 aromatic heterocycles. The van der Waals surface area contributed by atoms with Crippen molar-refractivity contribution in [2.75, 3.05) is 7.05 Å². The Morgan fingerprint density at radius 3 is 2.55 bits per heavy atom. The lowest BCUT2D eigenvalue weighted by Gasteiger charge is -2.15. The summed E-state index contributed by atoms with van der Waals surface area (Å²) in [6.07, 6.45) is 1.69. The van der Waals surface area contributed by atoms with E-state index in [0.717, 1.165) is 27.7 Å². The minimum atomic E-state index is -0.0119. The number of benzene rings is 1. The van der Waals surface area contributed by atoms with E-state index in [9.17, 15) is 4.79 Å². The number of nitrogens with one attached hydrogen (secondary N) is 2. The van der Waals surface area contributed by atoms with E-state index >= 15 is 0 Å². The molecule has 0 bridgehead atoms. The number of aromatic nitrogens is 3. The number of hydrogen-bond acceptors (Lipinski definition) is 2. The zero-order valence-corrected chi connectivity index (χ0v) is 13.3. The van der Waals surface area contributed by atoms with Crippen molar-refractivity contribution in [3.63, 3.8) is 0 Å². The zero-order valence-electron chi connectivity index (χ0n) is 13.3. The standard InChI is InChI=1S/C17H20N4O/c1-10-5-6-11(2)15-14(10)12(3)16(19-15)17(22)21(4)9-13-7-8-18-20-13/h5-8,19H,9H2,1-4H3,(H,18,20). The molecule has 5 nitrogen and oxygen atoms in total. The minimum absolute atomic E-state index is 0.0119. The van der Waals surface area contributed by atoms with E-state index in [4.69, 9.17) is 0 Å². The lowest BCUT2D eigenvalue weighted by molar-refractivity contribution is 0.0778. The van der Waals surface area contributed by atoms with Gasteiger partial charge in [0.15, 0.2) is 0 Å². The van der Waals surface area contributed by atoms with Crippen LogP contribution in [0.1, 0.15) is 32.9 Å². The summed E-state index contributed by atoms with van der Waals surface area (Å²) >= 11 is 0. The van der Waals surface area contributed by atoms with E-state index < -0.39 is 0 Å². The fourth-order valence-electron chi connectivity index (χ4n) is 2.90. The van der Waals surface area contributed by atoms with Crippen LogP contribution in [0, 0.1) is 20.8 Å². The van der Waals surface area contributed by atoms with Gasteiger partial charge in [-0.25, -0.2) is 0 Å². The molecule has 3 rings (SSSR count). The number of carbonyl (C=O) groups excluding carboxylic acids is 1. The molecule has 0 saturated heterocycles. The van der Waals surface area contributed by atoms with Crippen LogP contribution in [0.5, 0.6) is 0 Å². The second-order valence-electron chi connectivity index (χ2n) is 5.82. The summed E-state index contributed by atoms with van der Waals surface area (Å²) in [5, 5.41) is 7.94. The molecule has 3 aromatic rings. The lowest BCUT2D eigenvalue weighted by atomic mass is 10.0. The number of aryl methyl sites for hydroxylation is 3. The Morgan fingerprint density at radius 2 is 1.91 bits per heavy atom. The molecule has 1 amide bonds. The van der Waals surface area contributed by atoms with Gasteiger partial charge in [-0.2, -0.15) is 5.10 Å². The Morgan fingerprint density at radius 1 is 1.18 bits per heavy atom. The average molecular weight is 296 g/mol. The highest BCUT2D eigenvalue weighted by Gasteiger charge is 2.20.